The van der Waals surface area contributed by atoms with Gasteiger partial charge in [-0.3, -0.25) is 0 Å². The number of hydrogen-bond donors (Lipinski definition) is 2. The van der Waals surface area contributed by atoms with Crippen LogP contribution in [0, 0.1) is 17.8 Å². The van der Waals surface area contributed by atoms with Gasteiger partial charge in [-0.1, -0.05) is 12.2 Å². The van der Waals surface area contributed by atoms with Crippen LogP contribution in [0.3, 0.4) is 0 Å². The first-order valence-corrected chi connectivity index (χ1v) is 6.30. The van der Waals surface area contributed by atoms with Crippen molar-refractivity contribution in [3.63, 3.8) is 0 Å². The van der Waals surface area contributed by atoms with Gasteiger partial charge in [-0.2, -0.15) is 0 Å². The Morgan fingerprint density at radius 3 is 2.27 bits per heavy atom. The molecule has 0 heterocycles. The zero-order chi connectivity index (χ0) is 10.7. The molecule has 86 valence electrons. The van der Waals surface area contributed by atoms with E-state index in [9.17, 15) is 0 Å². The van der Waals surface area contributed by atoms with E-state index in [0.29, 0.717) is 0 Å². The van der Waals surface area contributed by atoms with Crippen molar-refractivity contribution in [1.29, 1.82) is 0 Å². The van der Waals surface area contributed by atoms with Gasteiger partial charge in [0.25, 0.3) is 0 Å². The van der Waals surface area contributed by atoms with Crippen molar-refractivity contribution in [3.05, 3.63) is 12.2 Å². The lowest BCUT2D eigenvalue weighted by Gasteiger charge is -2.34. The molecular weight excluding hydrogens is 188 g/mol. The monoisotopic (exact) mass is 210 g/mol. The summed E-state index contributed by atoms with van der Waals surface area (Å²) in [5.41, 5.74) is 0. The highest BCUT2D eigenvalue weighted by atomic mass is 16.5. The molecule has 2 nitrogen and oxygen atoms in total. The lowest BCUT2D eigenvalue weighted by molar-refractivity contribution is -0.0970. The van der Waals surface area contributed by atoms with Crippen LogP contribution in [-0.2, 0) is 0 Å². The van der Waals surface area contributed by atoms with Gasteiger partial charge in [0.05, 0.1) is 0 Å². The van der Waals surface area contributed by atoms with Crippen LogP contribution >= 0.6 is 0 Å². The number of rotatable bonds is 2. The molecule has 1 unspecified atom stereocenters. The van der Waals surface area contributed by atoms with Crippen LogP contribution in [0.2, 0.25) is 0 Å². The molecule has 15 heavy (non-hydrogen) atoms. The van der Waals surface area contributed by atoms with Gasteiger partial charge >= 0.3 is 0 Å². The van der Waals surface area contributed by atoms with Gasteiger partial charge in [0.15, 0.2) is 6.29 Å². The maximum atomic E-state index is 9.12. The molecule has 0 aliphatic heterocycles. The first-order valence-electron chi connectivity index (χ1n) is 6.30. The molecular formula is C13H22O2. The molecule has 1 saturated carbocycles. The van der Waals surface area contributed by atoms with E-state index in [1.54, 1.807) is 0 Å². The lowest BCUT2D eigenvalue weighted by Crippen LogP contribution is -2.28. The molecule has 2 rings (SSSR count). The predicted molar refractivity (Wildman–Crippen MR) is 60.2 cm³/mol. The normalized spacial score (nSPS) is 37.1. The molecule has 1 fully saturated rings. The van der Waals surface area contributed by atoms with Gasteiger partial charge in [0, 0.05) is 5.92 Å². The first kappa shape index (κ1) is 11.2. The highest BCUT2D eigenvalue weighted by Crippen LogP contribution is 2.38. The van der Waals surface area contributed by atoms with E-state index in [2.05, 4.69) is 12.2 Å². The molecule has 0 amide bonds. The molecule has 2 aliphatic carbocycles. The van der Waals surface area contributed by atoms with Gasteiger partial charge in [0.2, 0.25) is 0 Å². The van der Waals surface area contributed by atoms with Gasteiger partial charge in [0.1, 0.15) is 0 Å². The number of allylic oxidation sites excluding steroid dienone is 2. The van der Waals surface area contributed by atoms with Crippen LogP contribution in [0.15, 0.2) is 12.2 Å². The summed E-state index contributed by atoms with van der Waals surface area (Å²) in [4.78, 5) is 0. The van der Waals surface area contributed by atoms with Crippen LogP contribution in [-0.4, -0.2) is 16.5 Å². The molecule has 0 saturated heterocycles. The predicted octanol–water partition coefficient (Wildman–Crippen LogP) is 2.46. The largest absolute Gasteiger partial charge is 0.368 e. The van der Waals surface area contributed by atoms with Crippen molar-refractivity contribution >= 4 is 0 Å². The van der Waals surface area contributed by atoms with Crippen molar-refractivity contribution in [2.45, 2.75) is 51.2 Å². The molecule has 2 N–H and O–H groups in total. The van der Waals surface area contributed by atoms with E-state index in [0.717, 1.165) is 24.7 Å². The van der Waals surface area contributed by atoms with Crippen LogP contribution in [0.1, 0.15) is 44.9 Å². The quantitative estimate of drug-likeness (QED) is 0.543. The fourth-order valence-electron chi connectivity index (χ4n) is 3.10. The van der Waals surface area contributed by atoms with Gasteiger partial charge < -0.3 is 10.2 Å². The molecule has 0 aromatic rings. The van der Waals surface area contributed by atoms with Gasteiger partial charge in [-0.05, 0) is 56.8 Å². The summed E-state index contributed by atoms with van der Waals surface area (Å²) in [6.07, 6.45) is 11.9. The molecule has 0 spiro atoms. The number of hydrogen-bond acceptors (Lipinski definition) is 2. The average Bonchev–Trinajstić information content (AvgIpc) is 2.30. The minimum absolute atomic E-state index is 0.133. The van der Waals surface area contributed by atoms with Crippen molar-refractivity contribution in [1.82, 2.24) is 0 Å². The Kier molecular flexibility index (Phi) is 3.81. The molecule has 2 aliphatic rings. The second-order valence-corrected chi connectivity index (χ2v) is 5.11. The Hall–Kier alpha value is -0.340. The highest BCUT2D eigenvalue weighted by molar-refractivity contribution is 4.96. The number of aliphatic hydroxyl groups excluding tert-OH is 1. The lowest BCUT2D eigenvalue weighted by atomic mass is 9.73. The Balaban J connectivity index is 1.82. The SMILES string of the molecule is OC(O)C1CCC(C2C=CCCC2)CC1. The summed E-state index contributed by atoms with van der Waals surface area (Å²) >= 11 is 0. The van der Waals surface area contributed by atoms with Crippen molar-refractivity contribution in [3.8, 4) is 0 Å². The fraction of sp³-hybridized carbons (Fsp3) is 0.846. The molecule has 1 atom stereocenters. The number of aliphatic hydroxyl groups is 2. The smallest absolute Gasteiger partial charge is 0.154 e. The third-order valence-electron chi connectivity index (χ3n) is 4.14. The average molecular weight is 210 g/mol. The zero-order valence-electron chi connectivity index (χ0n) is 9.31. The Morgan fingerprint density at radius 2 is 1.73 bits per heavy atom. The topological polar surface area (TPSA) is 40.5 Å². The Labute approximate surface area is 92.0 Å². The molecule has 0 aromatic heterocycles. The second-order valence-electron chi connectivity index (χ2n) is 5.11. The summed E-state index contributed by atoms with van der Waals surface area (Å²) < 4.78 is 0. The second kappa shape index (κ2) is 5.13. The molecule has 0 aromatic carbocycles. The summed E-state index contributed by atoms with van der Waals surface area (Å²) in [6.45, 7) is 0. The van der Waals surface area contributed by atoms with E-state index >= 15 is 0 Å². The van der Waals surface area contributed by atoms with Crippen LogP contribution in [0.4, 0.5) is 0 Å². The standard InChI is InChI=1S/C13H22O2/c14-13(15)12-8-6-11(7-9-12)10-4-2-1-3-5-10/h2,4,10-15H,1,3,5-9H2. The molecule has 2 heteroatoms. The summed E-state index contributed by atoms with van der Waals surface area (Å²) in [6, 6.07) is 0. The summed E-state index contributed by atoms with van der Waals surface area (Å²) in [5, 5.41) is 18.2. The third-order valence-corrected chi connectivity index (χ3v) is 4.14. The van der Waals surface area contributed by atoms with Crippen LogP contribution < -0.4 is 0 Å². The van der Waals surface area contributed by atoms with Crippen molar-refractivity contribution in [2.75, 3.05) is 0 Å². The molecule has 0 radical (unpaired) electrons. The fourth-order valence-corrected chi connectivity index (χ4v) is 3.10. The van der Waals surface area contributed by atoms with Crippen LogP contribution in [0.5, 0.6) is 0 Å². The van der Waals surface area contributed by atoms with E-state index in [1.165, 1.54) is 32.1 Å². The highest BCUT2D eigenvalue weighted by Gasteiger charge is 2.29. The van der Waals surface area contributed by atoms with Crippen LogP contribution in [0.25, 0.3) is 0 Å². The Bertz CT molecular complexity index is 215. The first-order chi connectivity index (χ1) is 7.27. The van der Waals surface area contributed by atoms with Crippen molar-refractivity contribution in [2.24, 2.45) is 17.8 Å². The van der Waals surface area contributed by atoms with Gasteiger partial charge in [-0.15, -0.1) is 0 Å². The van der Waals surface area contributed by atoms with E-state index in [-0.39, 0.29) is 5.92 Å². The van der Waals surface area contributed by atoms with E-state index in [1.807, 2.05) is 0 Å². The third kappa shape index (κ3) is 2.82. The van der Waals surface area contributed by atoms with E-state index in [4.69, 9.17) is 10.2 Å². The Morgan fingerprint density at radius 1 is 1.00 bits per heavy atom. The van der Waals surface area contributed by atoms with Gasteiger partial charge in [-0.25, -0.2) is 0 Å². The summed E-state index contributed by atoms with van der Waals surface area (Å²) in [5.74, 6) is 1.71. The maximum Gasteiger partial charge on any atom is 0.154 e. The summed E-state index contributed by atoms with van der Waals surface area (Å²) in [7, 11) is 0. The zero-order valence-corrected chi connectivity index (χ0v) is 9.31. The minimum Gasteiger partial charge on any atom is -0.368 e. The maximum absolute atomic E-state index is 9.12. The van der Waals surface area contributed by atoms with Crippen molar-refractivity contribution < 1.29 is 10.2 Å². The molecule has 0 bridgehead atoms. The minimum atomic E-state index is -1.09. The van der Waals surface area contributed by atoms with E-state index < -0.39 is 6.29 Å².